The highest BCUT2D eigenvalue weighted by atomic mass is 35.5. The molecule has 1 aromatic carbocycles. The molecule has 3 N–H and O–H groups in total. The van der Waals surface area contributed by atoms with E-state index in [2.05, 4.69) is 20.5 Å². The van der Waals surface area contributed by atoms with Crippen molar-refractivity contribution in [3.05, 3.63) is 81.9 Å². The number of aliphatic hydroxyl groups excluding tert-OH is 1. The highest BCUT2D eigenvalue weighted by Crippen LogP contribution is 2.28. The summed E-state index contributed by atoms with van der Waals surface area (Å²) >= 11 is 5.82. The Morgan fingerprint density at radius 3 is 2.60 bits per heavy atom. The van der Waals surface area contributed by atoms with Gasteiger partial charge < -0.3 is 15.3 Å². The molecule has 11 heteroatoms. The fourth-order valence-electron chi connectivity index (χ4n) is 4.26. The van der Waals surface area contributed by atoms with Gasteiger partial charge in [0.05, 0.1) is 18.3 Å². The molecule has 0 saturated carbocycles. The van der Waals surface area contributed by atoms with Crippen LogP contribution in [0.2, 0.25) is 5.15 Å². The van der Waals surface area contributed by atoms with Crippen molar-refractivity contribution >= 4 is 17.5 Å². The molecule has 3 heterocycles. The molecule has 1 fully saturated rings. The van der Waals surface area contributed by atoms with E-state index in [1.165, 1.54) is 11.9 Å². The Kier molecular flexibility index (Phi) is 7.44. The van der Waals surface area contributed by atoms with Crippen LogP contribution in [0.3, 0.4) is 0 Å². The molecule has 0 radical (unpaired) electrons. The van der Waals surface area contributed by atoms with Gasteiger partial charge in [-0.1, -0.05) is 29.8 Å². The average molecular weight is 508 g/mol. The number of amides is 1. The summed E-state index contributed by atoms with van der Waals surface area (Å²) in [5.74, 6) is -0.307. The Morgan fingerprint density at radius 1 is 1.23 bits per heavy atom. The molecule has 1 saturated heterocycles. The number of rotatable bonds is 7. The highest BCUT2D eigenvalue weighted by molar-refractivity contribution is 6.29. The van der Waals surface area contributed by atoms with Gasteiger partial charge in [0.1, 0.15) is 5.15 Å². The second kappa shape index (κ2) is 10.3. The fourth-order valence-corrected chi connectivity index (χ4v) is 4.37. The third-order valence-electron chi connectivity index (χ3n) is 6.11. The minimum Gasteiger partial charge on any atom is -0.387 e. The molecular weight excluding hydrogens is 483 g/mol. The van der Waals surface area contributed by atoms with Gasteiger partial charge in [0.15, 0.2) is 5.69 Å². The molecule has 35 heavy (non-hydrogen) atoms. The first-order valence-corrected chi connectivity index (χ1v) is 11.5. The van der Waals surface area contributed by atoms with Gasteiger partial charge in [-0.15, -0.1) is 0 Å². The maximum atomic E-state index is 12.7. The summed E-state index contributed by atoms with van der Waals surface area (Å²) < 4.78 is 38.1. The van der Waals surface area contributed by atoms with Gasteiger partial charge in [-0.3, -0.25) is 9.89 Å². The molecule has 1 aliphatic heterocycles. The van der Waals surface area contributed by atoms with Crippen LogP contribution in [-0.2, 0) is 19.1 Å². The maximum absolute atomic E-state index is 12.7. The van der Waals surface area contributed by atoms with Crippen molar-refractivity contribution in [2.75, 3.05) is 7.05 Å². The molecule has 3 atom stereocenters. The lowest BCUT2D eigenvalue weighted by molar-refractivity contribution is -0.141. The molecule has 1 aliphatic rings. The number of carbonyl (C=O) groups is 1. The first kappa shape index (κ1) is 25.2. The number of benzene rings is 1. The van der Waals surface area contributed by atoms with Crippen molar-refractivity contribution in [1.29, 1.82) is 0 Å². The first-order valence-electron chi connectivity index (χ1n) is 11.1. The molecule has 2 aromatic heterocycles. The van der Waals surface area contributed by atoms with Crippen molar-refractivity contribution in [2.45, 2.75) is 50.2 Å². The van der Waals surface area contributed by atoms with Gasteiger partial charge in [-0.25, -0.2) is 4.98 Å². The molecule has 7 nitrogen and oxygen atoms in total. The Labute approximate surface area is 205 Å². The summed E-state index contributed by atoms with van der Waals surface area (Å²) in [7, 11) is 1.52. The zero-order chi connectivity index (χ0) is 25.2. The Balaban J connectivity index is 1.30. The second-order valence-corrected chi connectivity index (χ2v) is 9.13. The number of nitrogens with zero attached hydrogens (tertiary/aromatic N) is 3. The normalized spacial score (nSPS) is 19.0. The van der Waals surface area contributed by atoms with Crippen molar-refractivity contribution < 1.29 is 23.1 Å². The number of hydrogen-bond donors (Lipinski definition) is 3. The molecule has 0 aliphatic carbocycles. The third-order valence-corrected chi connectivity index (χ3v) is 6.33. The number of alkyl halides is 3. The van der Waals surface area contributed by atoms with Crippen molar-refractivity contribution in [2.24, 2.45) is 0 Å². The molecule has 1 amide bonds. The number of aromatic nitrogens is 3. The largest absolute Gasteiger partial charge is 0.435 e. The van der Waals surface area contributed by atoms with Gasteiger partial charge in [-0.05, 0) is 49.1 Å². The molecule has 186 valence electrons. The van der Waals surface area contributed by atoms with E-state index in [1.807, 2.05) is 12.1 Å². The number of pyridine rings is 1. The Morgan fingerprint density at radius 2 is 1.97 bits per heavy atom. The Hall–Kier alpha value is -2.95. The zero-order valence-electron chi connectivity index (χ0n) is 18.9. The van der Waals surface area contributed by atoms with Crippen LogP contribution in [0.15, 0.2) is 48.7 Å². The second-order valence-electron chi connectivity index (χ2n) is 8.74. The summed E-state index contributed by atoms with van der Waals surface area (Å²) in [5.41, 5.74) is 1.37. The Bertz CT molecular complexity index is 1150. The van der Waals surface area contributed by atoms with Gasteiger partial charge in [0, 0.05) is 36.5 Å². The predicted molar refractivity (Wildman–Crippen MR) is 124 cm³/mol. The molecule has 0 spiro atoms. The van der Waals surface area contributed by atoms with Crippen LogP contribution in [0.25, 0.3) is 0 Å². The van der Waals surface area contributed by atoms with E-state index in [9.17, 15) is 23.1 Å². The fraction of sp³-hybridized carbons (Fsp3) is 0.375. The summed E-state index contributed by atoms with van der Waals surface area (Å²) in [6, 6.07) is 11.6. The number of halogens is 4. The standard InChI is InChI=1S/C24H25ClF3N5O2/c1-33(13-18-11-20(32-31-18)24(26,27)28)23(35)15-4-2-14(3-5-15)10-17-7-8-19(30-17)22(34)16-6-9-21(25)29-12-16/h2-6,9,11-12,17,19,22,30,34H,7-8,10,13H2,1H3,(H,31,32)/t17-,19+,22+/m0/s1. The number of hydrogen-bond acceptors (Lipinski definition) is 5. The number of aliphatic hydroxyl groups is 1. The third kappa shape index (κ3) is 6.19. The minimum atomic E-state index is -4.54. The van der Waals surface area contributed by atoms with E-state index in [0.717, 1.165) is 30.9 Å². The van der Waals surface area contributed by atoms with E-state index < -0.39 is 18.0 Å². The van der Waals surface area contributed by atoms with E-state index in [1.54, 1.807) is 30.5 Å². The molecule has 0 unspecified atom stereocenters. The molecule has 3 aromatic rings. The summed E-state index contributed by atoms with van der Waals surface area (Å²) in [6.45, 7) is -0.0253. The van der Waals surface area contributed by atoms with Gasteiger partial charge >= 0.3 is 6.18 Å². The lowest BCUT2D eigenvalue weighted by Crippen LogP contribution is -2.35. The number of aromatic amines is 1. The van der Waals surface area contributed by atoms with Crippen LogP contribution in [0.4, 0.5) is 13.2 Å². The van der Waals surface area contributed by atoms with Crippen LogP contribution in [0, 0.1) is 0 Å². The highest BCUT2D eigenvalue weighted by Gasteiger charge is 2.34. The van der Waals surface area contributed by atoms with Crippen LogP contribution >= 0.6 is 11.6 Å². The summed E-state index contributed by atoms with van der Waals surface area (Å²) in [6.07, 6.45) is -1.18. The van der Waals surface area contributed by atoms with Gasteiger partial charge in [0.2, 0.25) is 0 Å². The predicted octanol–water partition coefficient (Wildman–Crippen LogP) is 4.15. The van der Waals surface area contributed by atoms with E-state index >= 15 is 0 Å². The van der Waals surface area contributed by atoms with Gasteiger partial charge in [0.25, 0.3) is 5.91 Å². The zero-order valence-corrected chi connectivity index (χ0v) is 19.6. The topological polar surface area (TPSA) is 94.1 Å². The molecular formula is C24H25ClF3N5O2. The molecule has 4 rings (SSSR count). The van der Waals surface area contributed by atoms with E-state index in [-0.39, 0.29) is 30.2 Å². The van der Waals surface area contributed by atoms with E-state index in [4.69, 9.17) is 11.6 Å². The SMILES string of the molecule is CN(Cc1cc(C(F)(F)F)n[nH]1)C(=O)c1ccc(C[C@@H]2CC[C@H]([C@H](O)c3ccc(Cl)nc3)N2)cc1. The summed E-state index contributed by atoms with van der Waals surface area (Å²) in [5, 5.41) is 20.1. The van der Waals surface area contributed by atoms with Crippen molar-refractivity contribution in [3.8, 4) is 0 Å². The maximum Gasteiger partial charge on any atom is 0.435 e. The van der Waals surface area contributed by atoms with Crippen molar-refractivity contribution in [3.63, 3.8) is 0 Å². The number of H-pyrrole nitrogens is 1. The smallest absolute Gasteiger partial charge is 0.387 e. The number of carbonyl (C=O) groups excluding carboxylic acids is 1. The van der Waals surface area contributed by atoms with Crippen molar-refractivity contribution in [1.82, 2.24) is 25.4 Å². The van der Waals surface area contributed by atoms with Crippen LogP contribution in [0.5, 0.6) is 0 Å². The lowest BCUT2D eigenvalue weighted by atomic mass is 10.0. The van der Waals surface area contributed by atoms with E-state index in [0.29, 0.717) is 16.3 Å². The van der Waals surface area contributed by atoms with Crippen LogP contribution in [-0.4, -0.2) is 50.2 Å². The van der Waals surface area contributed by atoms with Crippen LogP contribution in [0.1, 0.15) is 51.8 Å². The quantitative estimate of drug-likeness (QED) is 0.418. The molecule has 0 bridgehead atoms. The number of nitrogens with one attached hydrogen (secondary N) is 2. The monoisotopic (exact) mass is 507 g/mol. The summed E-state index contributed by atoms with van der Waals surface area (Å²) in [4.78, 5) is 18.1. The lowest BCUT2D eigenvalue weighted by Gasteiger charge is -2.20. The van der Waals surface area contributed by atoms with Gasteiger partial charge in [-0.2, -0.15) is 18.3 Å². The van der Waals surface area contributed by atoms with Crippen LogP contribution < -0.4 is 5.32 Å². The minimum absolute atomic E-state index is 0.0253. The first-order chi connectivity index (χ1) is 16.6. The average Bonchev–Trinajstić information content (AvgIpc) is 3.49.